The van der Waals surface area contributed by atoms with Gasteiger partial charge >= 0.3 is 6.61 Å². The zero-order chi connectivity index (χ0) is 17.0. The smallest absolute Gasteiger partial charge is 0.387 e. The molecule has 140 valence electrons. The summed E-state index contributed by atoms with van der Waals surface area (Å²) >= 11 is 0. The highest BCUT2D eigenvalue weighted by Gasteiger charge is 2.42. The molecule has 25 heavy (non-hydrogen) atoms. The number of rotatable bonds is 4. The van der Waals surface area contributed by atoms with Gasteiger partial charge in [-0.25, -0.2) is 0 Å². The molecule has 2 aliphatic rings. The Morgan fingerprint density at radius 3 is 2.72 bits per heavy atom. The molecule has 2 heterocycles. The van der Waals surface area contributed by atoms with Gasteiger partial charge in [-0.1, -0.05) is 12.1 Å². The van der Waals surface area contributed by atoms with Gasteiger partial charge in [0.25, 0.3) is 0 Å². The van der Waals surface area contributed by atoms with E-state index in [1.807, 2.05) is 0 Å². The molecule has 1 unspecified atom stereocenters. The number of nitrogens with one attached hydrogen (secondary N) is 1. The molecule has 1 spiro atoms. The third-order valence-corrected chi connectivity index (χ3v) is 4.73. The molecule has 8 heteroatoms. The Hall–Kier alpha value is -1.16. The minimum absolute atomic E-state index is 0. The lowest BCUT2D eigenvalue weighted by Crippen LogP contribution is -2.41. The quantitative estimate of drug-likeness (QED) is 0.420. The highest BCUT2D eigenvalue weighted by atomic mass is 127. The third-order valence-electron chi connectivity index (χ3n) is 4.73. The van der Waals surface area contributed by atoms with Gasteiger partial charge < -0.3 is 19.7 Å². The van der Waals surface area contributed by atoms with Gasteiger partial charge in [0.15, 0.2) is 5.96 Å². The fourth-order valence-electron chi connectivity index (χ4n) is 3.39. The van der Waals surface area contributed by atoms with Gasteiger partial charge in [0.05, 0.1) is 6.61 Å². The molecule has 0 aliphatic carbocycles. The van der Waals surface area contributed by atoms with E-state index in [1.165, 1.54) is 0 Å². The number of benzene rings is 1. The van der Waals surface area contributed by atoms with Crippen molar-refractivity contribution < 1.29 is 18.3 Å². The SMILES string of the molecule is CN=C(NCc1ccc(OC(F)F)cc1)N1CCC2(CCOC2)C1.I. The molecular weight excluding hydrogens is 443 g/mol. The monoisotopic (exact) mass is 467 g/mol. The summed E-state index contributed by atoms with van der Waals surface area (Å²) in [5.41, 5.74) is 1.27. The molecular formula is C17H24F2IN3O2. The van der Waals surface area contributed by atoms with Crippen LogP contribution in [0.1, 0.15) is 18.4 Å². The summed E-state index contributed by atoms with van der Waals surface area (Å²) in [6.07, 6.45) is 2.25. The third kappa shape index (κ3) is 5.16. The van der Waals surface area contributed by atoms with E-state index in [-0.39, 0.29) is 35.1 Å². The van der Waals surface area contributed by atoms with Crippen molar-refractivity contribution in [3.05, 3.63) is 29.8 Å². The Morgan fingerprint density at radius 2 is 2.12 bits per heavy atom. The van der Waals surface area contributed by atoms with E-state index >= 15 is 0 Å². The largest absolute Gasteiger partial charge is 0.435 e. The maximum absolute atomic E-state index is 12.2. The van der Waals surface area contributed by atoms with Crippen molar-refractivity contribution in [2.45, 2.75) is 26.0 Å². The molecule has 5 nitrogen and oxygen atoms in total. The second kappa shape index (κ2) is 8.98. The molecule has 0 aromatic heterocycles. The van der Waals surface area contributed by atoms with E-state index in [2.05, 4.69) is 19.9 Å². The molecule has 1 atom stereocenters. The fraction of sp³-hybridized carbons (Fsp3) is 0.588. The van der Waals surface area contributed by atoms with Gasteiger partial charge in [0.1, 0.15) is 5.75 Å². The van der Waals surface area contributed by atoms with Crippen LogP contribution in [0.4, 0.5) is 8.78 Å². The summed E-state index contributed by atoms with van der Waals surface area (Å²) in [4.78, 5) is 6.63. The van der Waals surface area contributed by atoms with Crippen LogP contribution in [0, 0.1) is 5.41 Å². The summed E-state index contributed by atoms with van der Waals surface area (Å²) < 4.78 is 34.2. The summed E-state index contributed by atoms with van der Waals surface area (Å²) in [7, 11) is 1.78. The number of hydrogen-bond acceptors (Lipinski definition) is 3. The number of likely N-dealkylation sites (tertiary alicyclic amines) is 1. The molecule has 0 bridgehead atoms. The first-order chi connectivity index (χ1) is 11.6. The van der Waals surface area contributed by atoms with E-state index in [4.69, 9.17) is 4.74 Å². The highest BCUT2D eigenvalue weighted by Crippen LogP contribution is 2.38. The standard InChI is InChI=1S/C17H23F2N3O2.HI/c1-20-16(22-8-6-17(11-22)7-9-23-12-17)21-10-13-2-4-14(5-3-13)24-15(18)19;/h2-5,15H,6-12H2,1H3,(H,20,21);1H. The van der Waals surface area contributed by atoms with Crippen LogP contribution in [0.15, 0.2) is 29.3 Å². The molecule has 2 fully saturated rings. The molecule has 1 aromatic carbocycles. The number of ether oxygens (including phenoxy) is 2. The van der Waals surface area contributed by atoms with Gasteiger partial charge in [0.2, 0.25) is 0 Å². The van der Waals surface area contributed by atoms with Gasteiger partial charge in [0, 0.05) is 38.7 Å². The van der Waals surface area contributed by atoms with Crippen LogP contribution in [0.3, 0.4) is 0 Å². The average Bonchev–Trinajstić information content (AvgIpc) is 3.20. The normalized spacial score (nSPS) is 23.2. The Kier molecular flexibility index (Phi) is 7.24. The number of halogens is 3. The van der Waals surface area contributed by atoms with Crippen LogP contribution in [0.2, 0.25) is 0 Å². The average molecular weight is 467 g/mol. The van der Waals surface area contributed by atoms with Crippen molar-refractivity contribution in [3.8, 4) is 5.75 Å². The van der Waals surface area contributed by atoms with Crippen molar-refractivity contribution in [1.29, 1.82) is 0 Å². The van der Waals surface area contributed by atoms with E-state index in [0.717, 1.165) is 50.7 Å². The van der Waals surface area contributed by atoms with E-state index in [1.54, 1.807) is 31.3 Å². The van der Waals surface area contributed by atoms with Crippen LogP contribution in [0.5, 0.6) is 5.75 Å². The summed E-state index contributed by atoms with van der Waals surface area (Å²) in [6, 6.07) is 6.64. The Bertz CT molecular complexity index is 578. The Labute approximate surface area is 163 Å². The predicted octanol–water partition coefficient (Wildman–Crippen LogP) is 3.09. The topological polar surface area (TPSA) is 46.1 Å². The van der Waals surface area contributed by atoms with Gasteiger partial charge in [-0.15, -0.1) is 24.0 Å². The van der Waals surface area contributed by atoms with Gasteiger partial charge in [-0.2, -0.15) is 8.78 Å². The molecule has 0 amide bonds. The molecule has 0 saturated carbocycles. The predicted molar refractivity (Wildman–Crippen MR) is 103 cm³/mol. The molecule has 0 radical (unpaired) electrons. The zero-order valence-electron chi connectivity index (χ0n) is 14.2. The molecule has 1 N–H and O–H groups in total. The minimum Gasteiger partial charge on any atom is -0.435 e. The van der Waals surface area contributed by atoms with Crippen molar-refractivity contribution in [2.75, 3.05) is 33.4 Å². The van der Waals surface area contributed by atoms with Crippen LogP contribution in [0.25, 0.3) is 0 Å². The second-order valence-electron chi connectivity index (χ2n) is 6.40. The molecule has 1 aromatic rings. The first-order valence-electron chi connectivity index (χ1n) is 8.17. The fourth-order valence-corrected chi connectivity index (χ4v) is 3.39. The van der Waals surface area contributed by atoms with Crippen LogP contribution >= 0.6 is 24.0 Å². The first-order valence-corrected chi connectivity index (χ1v) is 8.17. The number of alkyl halides is 2. The summed E-state index contributed by atoms with van der Waals surface area (Å²) in [5, 5.41) is 3.34. The molecule has 2 saturated heterocycles. The number of guanidine groups is 1. The lowest BCUT2D eigenvalue weighted by Gasteiger charge is -2.25. The minimum atomic E-state index is -2.80. The van der Waals surface area contributed by atoms with E-state index in [9.17, 15) is 8.78 Å². The summed E-state index contributed by atoms with van der Waals surface area (Å²) in [6.45, 7) is 1.42. The van der Waals surface area contributed by atoms with E-state index in [0.29, 0.717) is 6.54 Å². The van der Waals surface area contributed by atoms with Crippen LogP contribution in [-0.2, 0) is 11.3 Å². The Balaban J connectivity index is 0.00000225. The maximum Gasteiger partial charge on any atom is 0.387 e. The second-order valence-corrected chi connectivity index (χ2v) is 6.40. The summed E-state index contributed by atoms with van der Waals surface area (Å²) in [5.74, 6) is 1.03. The van der Waals surface area contributed by atoms with Gasteiger partial charge in [-0.3, -0.25) is 4.99 Å². The number of aliphatic imine (C=N–C) groups is 1. The highest BCUT2D eigenvalue weighted by molar-refractivity contribution is 14.0. The maximum atomic E-state index is 12.2. The Morgan fingerprint density at radius 1 is 1.36 bits per heavy atom. The molecule has 3 rings (SSSR count). The van der Waals surface area contributed by atoms with Gasteiger partial charge in [-0.05, 0) is 30.5 Å². The lowest BCUT2D eigenvalue weighted by atomic mass is 9.87. The number of nitrogens with zero attached hydrogens (tertiary/aromatic N) is 2. The van der Waals surface area contributed by atoms with Crippen molar-refractivity contribution >= 4 is 29.9 Å². The number of hydrogen-bond donors (Lipinski definition) is 1. The van der Waals surface area contributed by atoms with Crippen LogP contribution in [-0.4, -0.2) is 50.8 Å². The van der Waals surface area contributed by atoms with Crippen molar-refractivity contribution in [3.63, 3.8) is 0 Å². The van der Waals surface area contributed by atoms with Crippen LogP contribution < -0.4 is 10.1 Å². The van der Waals surface area contributed by atoms with Crippen molar-refractivity contribution in [1.82, 2.24) is 10.2 Å². The zero-order valence-corrected chi connectivity index (χ0v) is 16.5. The lowest BCUT2D eigenvalue weighted by molar-refractivity contribution is -0.0498. The first kappa shape index (κ1) is 20.2. The van der Waals surface area contributed by atoms with E-state index < -0.39 is 6.61 Å². The van der Waals surface area contributed by atoms with Crippen molar-refractivity contribution in [2.24, 2.45) is 10.4 Å². The molecule has 2 aliphatic heterocycles.